The first-order chi connectivity index (χ1) is 8.42. The first-order valence-corrected chi connectivity index (χ1v) is 5.44. The Labute approximate surface area is 99.5 Å². The third-order valence-electron chi connectivity index (χ3n) is 2.37. The molecule has 2 N–H and O–H groups in total. The Morgan fingerprint density at radius 1 is 1.24 bits per heavy atom. The molecular formula is C12H13N5. The molecule has 0 atom stereocenters. The highest BCUT2D eigenvalue weighted by Crippen LogP contribution is 2.18. The van der Waals surface area contributed by atoms with E-state index in [0.29, 0.717) is 19.5 Å². The third kappa shape index (κ3) is 2.89. The van der Waals surface area contributed by atoms with Crippen LogP contribution in [0.3, 0.4) is 0 Å². The van der Waals surface area contributed by atoms with Crippen LogP contribution in [0.1, 0.15) is 12.1 Å². The molecule has 1 aromatic heterocycles. The summed E-state index contributed by atoms with van der Waals surface area (Å²) in [5.41, 5.74) is 2.77. The molecule has 0 aliphatic rings. The minimum absolute atomic E-state index is 0.499. The molecule has 0 saturated carbocycles. The largest absolute Gasteiger partial charge is 0.310 e. The standard InChI is InChI=1S/C12H13N5/c13-7-4-8-14-9-11-12(16-17-15-11)10-5-2-1-3-6-10/h1-3,5-6,14H,4,8-9H2,(H,15,16,17). The molecule has 0 radical (unpaired) electrons. The Balaban J connectivity index is 2.05. The summed E-state index contributed by atoms with van der Waals surface area (Å²) in [5.74, 6) is 0. The maximum atomic E-state index is 8.43. The Hall–Kier alpha value is -2.19. The predicted molar refractivity (Wildman–Crippen MR) is 63.8 cm³/mol. The number of benzene rings is 1. The van der Waals surface area contributed by atoms with Gasteiger partial charge in [-0.2, -0.15) is 20.7 Å². The van der Waals surface area contributed by atoms with Crippen molar-refractivity contribution in [1.82, 2.24) is 20.7 Å². The number of nitrogens with zero attached hydrogens (tertiary/aromatic N) is 3. The average molecular weight is 227 g/mol. The van der Waals surface area contributed by atoms with Gasteiger partial charge in [-0.3, -0.25) is 0 Å². The molecular weight excluding hydrogens is 214 g/mol. The van der Waals surface area contributed by atoms with E-state index in [9.17, 15) is 0 Å². The molecule has 0 aliphatic carbocycles. The third-order valence-corrected chi connectivity index (χ3v) is 2.37. The lowest BCUT2D eigenvalue weighted by atomic mass is 10.1. The van der Waals surface area contributed by atoms with E-state index in [0.717, 1.165) is 17.0 Å². The van der Waals surface area contributed by atoms with Gasteiger partial charge < -0.3 is 5.32 Å². The Bertz CT molecular complexity index is 497. The summed E-state index contributed by atoms with van der Waals surface area (Å²) in [4.78, 5) is 0. The van der Waals surface area contributed by atoms with Crippen LogP contribution in [0.25, 0.3) is 11.3 Å². The Morgan fingerprint density at radius 2 is 2.06 bits per heavy atom. The molecule has 0 bridgehead atoms. The molecule has 2 aromatic rings. The summed E-state index contributed by atoms with van der Waals surface area (Å²) < 4.78 is 0. The van der Waals surface area contributed by atoms with Gasteiger partial charge in [0.05, 0.1) is 6.07 Å². The van der Waals surface area contributed by atoms with Crippen LogP contribution in [-0.4, -0.2) is 22.0 Å². The van der Waals surface area contributed by atoms with Crippen molar-refractivity contribution in [3.05, 3.63) is 36.0 Å². The van der Waals surface area contributed by atoms with E-state index in [-0.39, 0.29) is 0 Å². The zero-order valence-corrected chi connectivity index (χ0v) is 9.35. The molecule has 0 saturated heterocycles. The first kappa shape index (κ1) is 11.3. The van der Waals surface area contributed by atoms with Gasteiger partial charge in [-0.15, -0.1) is 0 Å². The maximum absolute atomic E-state index is 8.43. The normalized spacial score (nSPS) is 10.1. The molecule has 0 amide bonds. The van der Waals surface area contributed by atoms with Crippen molar-refractivity contribution in [3.63, 3.8) is 0 Å². The van der Waals surface area contributed by atoms with Crippen LogP contribution < -0.4 is 5.32 Å². The summed E-state index contributed by atoms with van der Waals surface area (Å²) in [6.07, 6.45) is 0.499. The summed E-state index contributed by atoms with van der Waals surface area (Å²) in [7, 11) is 0. The second kappa shape index (κ2) is 5.77. The number of aromatic nitrogens is 3. The monoisotopic (exact) mass is 227 g/mol. The molecule has 0 aliphatic heterocycles. The van der Waals surface area contributed by atoms with E-state index in [1.165, 1.54) is 0 Å². The van der Waals surface area contributed by atoms with Gasteiger partial charge in [0.2, 0.25) is 0 Å². The van der Waals surface area contributed by atoms with Crippen molar-refractivity contribution in [1.29, 1.82) is 5.26 Å². The SMILES string of the molecule is N#CCCNCc1n[nH]nc1-c1ccccc1. The van der Waals surface area contributed by atoms with E-state index in [1.54, 1.807) is 0 Å². The molecule has 5 heteroatoms. The van der Waals surface area contributed by atoms with Crippen molar-refractivity contribution in [3.8, 4) is 17.3 Å². The lowest BCUT2D eigenvalue weighted by molar-refractivity contribution is 0.683. The first-order valence-electron chi connectivity index (χ1n) is 5.44. The minimum atomic E-state index is 0.499. The topological polar surface area (TPSA) is 77.4 Å². The summed E-state index contributed by atoms with van der Waals surface area (Å²) in [5, 5.41) is 22.5. The summed E-state index contributed by atoms with van der Waals surface area (Å²) in [6, 6.07) is 12.0. The van der Waals surface area contributed by atoms with Crippen molar-refractivity contribution in [2.45, 2.75) is 13.0 Å². The average Bonchev–Trinajstić information content (AvgIpc) is 2.84. The Kier molecular flexibility index (Phi) is 3.84. The lowest BCUT2D eigenvalue weighted by Gasteiger charge is -2.01. The van der Waals surface area contributed by atoms with Gasteiger partial charge in [0.15, 0.2) is 0 Å². The predicted octanol–water partition coefficient (Wildman–Crippen LogP) is 1.47. The highest BCUT2D eigenvalue weighted by molar-refractivity contribution is 5.60. The molecule has 0 fully saturated rings. The molecule has 86 valence electrons. The number of nitriles is 1. The minimum Gasteiger partial charge on any atom is -0.310 e. The fourth-order valence-electron chi connectivity index (χ4n) is 1.55. The highest BCUT2D eigenvalue weighted by atomic mass is 15.3. The molecule has 17 heavy (non-hydrogen) atoms. The van der Waals surface area contributed by atoms with Crippen LogP contribution >= 0.6 is 0 Å². The summed E-state index contributed by atoms with van der Waals surface area (Å²) >= 11 is 0. The van der Waals surface area contributed by atoms with Gasteiger partial charge in [0, 0.05) is 25.1 Å². The Morgan fingerprint density at radius 3 is 2.82 bits per heavy atom. The zero-order chi connectivity index (χ0) is 11.9. The second-order valence-electron chi connectivity index (χ2n) is 3.57. The molecule has 5 nitrogen and oxygen atoms in total. The van der Waals surface area contributed by atoms with E-state index in [2.05, 4.69) is 26.8 Å². The van der Waals surface area contributed by atoms with Gasteiger partial charge in [0.25, 0.3) is 0 Å². The van der Waals surface area contributed by atoms with Crippen LogP contribution in [0, 0.1) is 11.3 Å². The molecule has 1 heterocycles. The van der Waals surface area contributed by atoms with Crippen LogP contribution in [0.15, 0.2) is 30.3 Å². The van der Waals surface area contributed by atoms with E-state index in [4.69, 9.17) is 5.26 Å². The van der Waals surface area contributed by atoms with Crippen LogP contribution in [0.5, 0.6) is 0 Å². The van der Waals surface area contributed by atoms with Gasteiger partial charge in [-0.05, 0) is 0 Å². The van der Waals surface area contributed by atoms with Crippen molar-refractivity contribution >= 4 is 0 Å². The van der Waals surface area contributed by atoms with E-state index < -0.39 is 0 Å². The number of H-pyrrole nitrogens is 1. The van der Waals surface area contributed by atoms with Crippen LogP contribution in [-0.2, 0) is 6.54 Å². The van der Waals surface area contributed by atoms with E-state index in [1.807, 2.05) is 30.3 Å². The van der Waals surface area contributed by atoms with E-state index >= 15 is 0 Å². The fourth-order valence-corrected chi connectivity index (χ4v) is 1.55. The second-order valence-corrected chi connectivity index (χ2v) is 3.57. The van der Waals surface area contributed by atoms with Crippen LogP contribution in [0.4, 0.5) is 0 Å². The zero-order valence-electron chi connectivity index (χ0n) is 9.35. The van der Waals surface area contributed by atoms with Crippen LogP contribution in [0.2, 0.25) is 0 Å². The van der Waals surface area contributed by atoms with Crippen molar-refractivity contribution < 1.29 is 0 Å². The smallest absolute Gasteiger partial charge is 0.117 e. The maximum Gasteiger partial charge on any atom is 0.117 e. The van der Waals surface area contributed by atoms with Crippen molar-refractivity contribution in [2.24, 2.45) is 0 Å². The quantitative estimate of drug-likeness (QED) is 0.758. The summed E-state index contributed by atoms with van der Waals surface area (Å²) in [6.45, 7) is 1.28. The van der Waals surface area contributed by atoms with Gasteiger partial charge in [-0.25, -0.2) is 0 Å². The highest BCUT2D eigenvalue weighted by Gasteiger charge is 2.08. The molecule has 1 aromatic carbocycles. The van der Waals surface area contributed by atoms with Gasteiger partial charge >= 0.3 is 0 Å². The molecule has 0 unspecified atom stereocenters. The molecule has 0 spiro atoms. The number of nitrogens with one attached hydrogen (secondary N) is 2. The number of hydrogen-bond donors (Lipinski definition) is 2. The van der Waals surface area contributed by atoms with Crippen molar-refractivity contribution in [2.75, 3.05) is 6.54 Å². The van der Waals surface area contributed by atoms with Gasteiger partial charge in [-0.1, -0.05) is 30.3 Å². The molecule has 2 rings (SSSR count). The lowest BCUT2D eigenvalue weighted by Crippen LogP contribution is -2.15. The van der Waals surface area contributed by atoms with Gasteiger partial charge in [0.1, 0.15) is 11.4 Å². The number of rotatable bonds is 5. The fraction of sp³-hybridized carbons (Fsp3) is 0.250. The number of hydrogen-bond acceptors (Lipinski definition) is 4. The number of aromatic amines is 1.